The molecule has 20 N–H and O–H groups in total. The van der Waals surface area contributed by atoms with Gasteiger partial charge in [0.1, 0.15) is 83.4 Å². The molecule has 3 heterocycles. The summed E-state index contributed by atoms with van der Waals surface area (Å²) in [5.74, 6) is -9.19. The van der Waals surface area contributed by atoms with Crippen LogP contribution < -0.4 is 65.5 Å². The van der Waals surface area contributed by atoms with Crippen molar-refractivity contribution < 1.29 is 68.4 Å². The third-order valence-electron chi connectivity index (χ3n) is 17.7. The van der Waals surface area contributed by atoms with E-state index < -0.39 is 125 Å². The lowest BCUT2D eigenvalue weighted by Crippen LogP contribution is -2.62. The second-order valence-corrected chi connectivity index (χ2v) is 25.5. The van der Waals surface area contributed by atoms with Crippen molar-refractivity contribution in [3.63, 3.8) is 0 Å². The molecule has 0 spiro atoms. The van der Waals surface area contributed by atoms with Gasteiger partial charge in [-0.15, -0.1) is 0 Å². The van der Waals surface area contributed by atoms with Crippen LogP contribution in [-0.2, 0) is 73.6 Å². The third kappa shape index (κ3) is 22.3. The molecule has 3 aliphatic rings. The number of hydrogen-bond donors (Lipinski definition) is 16. The molecule has 7 rings (SSSR count). The first kappa shape index (κ1) is 75.4. The number of aromatic hydroxyl groups is 4. The van der Waals surface area contributed by atoms with Crippen LogP contribution in [0.4, 0.5) is 0 Å². The Balaban J connectivity index is 1.33. The maximum absolute atomic E-state index is 15.3. The van der Waals surface area contributed by atoms with Gasteiger partial charge in [-0.05, 0) is 167 Å². The minimum atomic E-state index is -1.49. The van der Waals surface area contributed by atoms with Crippen LogP contribution in [0, 0.1) is 5.92 Å². The lowest BCUT2D eigenvalue weighted by Gasteiger charge is -2.34. The van der Waals surface area contributed by atoms with Crippen LogP contribution >= 0.6 is 0 Å². The molecule has 29 nitrogen and oxygen atoms in total. The molecule has 0 radical (unpaired) electrons. The molecule has 4 aromatic rings. The Morgan fingerprint density at radius 3 is 1.11 bits per heavy atom. The molecule has 0 aliphatic carbocycles. The van der Waals surface area contributed by atoms with E-state index in [2.05, 4.69) is 47.5 Å². The summed E-state index contributed by atoms with van der Waals surface area (Å²) in [4.78, 5) is 157. The molecule has 3 aliphatic heterocycles. The Morgan fingerprint density at radius 1 is 0.408 bits per heavy atom. The fourth-order valence-electron chi connectivity index (χ4n) is 12.3. The Morgan fingerprint density at radius 2 is 0.724 bits per heavy atom. The lowest BCUT2D eigenvalue weighted by molar-refractivity contribution is -0.148. The monoisotopic (exact) mass is 1360 g/mol. The molecule has 29 heteroatoms. The van der Waals surface area contributed by atoms with Gasteiger partial charge in [-0.3, -0.25) is 52.9 Å². The number of guanidine groups is 1. The Hall–Kier alpha value is -10.0. The lowest BCUT2D eigenvalue weighted by atomic mass is 9.99. The summed E-state index contributed by atoms with van der Waals surface area (Å²) in [5.41, 5.74) is 25.0. The second-order valence-electron chi connectivity index (χ2n) is 25.5. The smallest absolute Gasteiger partial charge is 0.246 e. The van der Waals surface area contributed by atoms with Crippen LogP contribution in [-0.4, -0.2) is 188 Å². The fraction of sp³-hybridized carbons (Fsp3) is 0.493. The molecule has 10 atom stereocenters. The van der Waals surface area contributed by atoms with Gasteiger partial charge in [0.15, 0.2) is 5.96 Å². The SMILES string of the molecule is CC(C)[C@@H]1NC(=O)[C@H](Cc2ccc(O)cc2)NC(=O)[C@H](Cc2ccc(O)cc2)NC(=O)[C@@H]2CCCN2C(=O)[C@H]2CCCN2C(=O)[C@H](Cc2ccc(O)cc2)NC(=O)[C@H](Cc2ccc(O)cc2)NC(=O)[C@H](CCCCN)NC(=O)[C@H](CCCCN)NC(=O)[C@H](CCCN=C(N)N)NC1=O. The van der Waals surface area contributed by atoms with E-state index in [4.69, 9.17) is 22.9 Å². The molecule has 3 saturated heterocycles. The number of phenolic OH excluding ortho intramolecular Hbond substituents is 4. The molecule has 0 aromatic heterocycles. The van der Waals surface area contributed by atoms with Gasteiger partial charge in [0.2, 0.25) is 59.1 Å². The average molecular weight is 1360 g/mol. The molecule has 10 amide bonds. The van der Waals surface area contributed by atoms with Crippen molar-refractivity contribution in [1.82, 2.24) is 52.3 Å². The molecule has 0 bridgehead atoms. The van der Waals surface area contributed by atoms with E-state index in [1.54, 1.807) is 26.0 Å². The first-order valence-corrected chi connectivity index (χ1v) is 33.5. The topological polar surface area (TPSA) is 471 Å². The predicted molar refractivity (Wildman–Crippen MR) is 363 cm³/mol. The van der Waals surface area contributed by atoms with E-state index in [0.717, 1.165) is 0 Å². The highest BCUT2D eigenvalue weighted by Crippen LogP contribution is 2.28. The Bertz CT molecular complexity index is 3410. The summed E-state index contributed by atoms with van der Waals surface area (Å²) < 4.78 is 0. The van der Waals surface area contributed by atoms with Crippen molar-refractivity contribution in [2.75, 3.05) is 32.7 Å². The van der Waals surface area contributed by atoms with E-state index in [0.29, 0.717) is 60.8 Å². The van der Waals surface area contributed by atoms with Crippen LogP contribution in [0.1, 0.15) is 113 Å². The third-order valence-corrected chi connectivity index (χ3v) is 17.7. The van der Waals surface area contributed by atoms with E-state index >= 15 is 19.2 Å². The van der Waals surface area contributed by atoms with Gasteiger partial charge < -0.3 is 95.7 Å². The first-order chi connectivity index (χ1) is 46.9. The van der Waals surface area contributed by atoms with Crippen molar-refractivity contribution in [2.45, 2.75) is 177 Å². The molecule has 98 heavy (non-hydrogen) atoms. The molecular formula is C69H95N15O14. The molecule has 0 unspecified atom stereocenters. The summed E-state index contributed by atoms with van der Waals surface area (Å²) >= 11 is 0. The summed E-state index contributed by atoms with van der Waals surface area (Å²) in [6.45, 7) is 3.86. The van der Waals surface area contributed by atoms with Crippen LogP contribution in [0.15, 0.2) is 102 Å². The first-order valence-electron chi connectivity index (χ1n) is 33.5. The van der Waals surface area contributed by atoms with E-state index in [-0.39, 0.29) is 126 Å². The highest BCUT2D eigenvalue weighted by molar-refractivity contribution is 6.00. The molecule has 3 fully saturated rings. The zero-order valence-corrected chi connectivity index (χ0v) is 55.5. The number of aliphatic imine (C=N–C) groups is 1. The van der Waals surface area contributed by atoms with Gasteiger partial charge in [-0.1, -0.05) is 62.4 Å². The number of phenols is 4. The van der Waals surface area contributed by atoms with Gasteiger partial charge >= 0.3 is 0 Å². The summed E-state index contributed by atoms with van der Waals surface area (Å²) in [7, 11) is 0. The van der Waals surface area contributed by atoms with Crippen LogP contribution in [0.5, 0.6) is 23.0 Å². The molecule has 4 aromatic carbocycles. The molecular weight excluding hydrogens is 1260 g/mol. The number of nitrogens with two attached hydrogens (primary N) is 4. The van der Waals surface area contributed by atoms with Crippen molar-refractivity contribution in [3.05, 3.63) is 119 Å². The van der Waals surface area contributed by atoms with E-state index in [1.807, 2.05) is 0 Å². The van der Waals surface area contributed by atoms with Gasteiger partial charge in [0.25, 0.3) is 0 Å². The zero-order chi connectivity index (χ0) is 71.0. The highest BCUT2D eigenvalue weighted by atomic mass is 16.3. The highest BCUT2D eigenvalue weighted by Gasteiger charge is 2.45. The number of benzene rings is 4. The molecule has 0 saturated carbocycles. The number of unbranched alkanes of at least 4 members (excludes halogenated alkanes) is 2. The number of hydrogen-bond acceptors (Lipinski definition) is 17. The van der Waals surface area contributed by atoms with Crippen LogP contribution in [0.25, 0.3) is 0 Å². The van der Waals surface area contributed by atoms with Gasteiger partial charge in [0.05, 0.1) is 0 Å². The maximum Gasteiger partial charge on any atom is 0.246 e. The summed E-state index contributed by atoms with van der Waals surface area (Å²) in [6.07, 6.45) is 1.63. The van der Waals surface area contributed by atoms with Crippen molar-refractivity contribution in [1.29, 1.82) is 0 Å². The van der Waals surface area contributed by atoms with Crippen LogP contribution in [0.3, 0.4) is 0 Å². The minimum Gasteiger partial charge on any atom is -0.508 e. The fourth-order valence-corrected chi connectivity index (χ4v) is 12.3. The van der Waals surface area contributed by atoms with Crippen molar-refractivity contribution >= 4 is 65.0 Å². The Kier molecular flexibility index (Phi) is 28.4. The second kappa shape index (κ2) is 36.9. The van der Waals surface area contributed by atoms with Gasteiger partial charge in [0, 0.05) is 45.3 Å². The van der Waals surface area contributed by atoms with Crippen molar-refractivity contribution in [2.24, 2.45) is 33.8 Å². The minimum absolute atomic E-state index is 0.0102. The Labute approximate surface area is 569 Å². The number of amides is 10. The number of fused-ring (bicyclic) bond motifs is 2. The predicted octanol–water partition coefficient (Wildman–Crippen LogP) is -0.379. The largest absolute Gasteiger partial charge is 0.508 e. The van der Waals surface area contributed by atoms with Gasteiger partial charge in [-0.25, -0.2) is 0 Å². The standard InChI is InChI=1S/C69H95N15O14/c1-40(2)58-66(96)77-51(12-7-33-74-69(72)73)60(90)75-49(10-3-5-31-70)59(89)76-50(11-4-6-32-71)61(91)78-52(36-41-15-23-45(85)24-16-41)63(93)81-55(39-44-21-29-48(88)30-22-44)67(97)84-35-9-14-57(84)68(98)83-34-8-13-56(83)65(95)80-53(37-42-17-25-46(86)26-18-42)62(92)79-54(64(94)82-58)38-43-19-27-47(87)28-20-43/h15-30,40,49-58,85-88H,3-14,31-39,70-71H2,1-2H3,(H,75,90)(H,76,89)(H,77,96)(H,78,91)(H,79,92)(H,80,95)(H,81,93)(H,82,94)(H4,72,73,74)/t49-,50-,51-,52-,53-,54-,55-,56-,57+,58-/m0/s1. The zero-order valence-electron chi connectivity index (χ0n) is 55.5. The normalized spacial score (nSPS) is 23.8. The molecule has 530 valence electrons. The quantitative estimate of drug-likeness (QED) is 0.0287. The number of nitrogens with one attached hydrogen (secondary N) is 8. The van der Waals surface area contributed by atoms with Gasteiger partial charge in [-0.2, -0.15) is 0 Å². The summed E-state index contributed by atoms with van der Waals surface area (Å²) in [6, 6.07) is 9.70. The average Bonchev–Trinajstić information content (AvgIpc) is 1.56. The van der Waals surface area contributed by atoms with Crippen molar-refractivity contribution in [3.8, 4) is 23.0 Å². The van der Waals surface area contributed by atoms with Crippen LogP contribution in [0.2, 0.25) is 0 Å². The van der Waals surface area contributed by atoms with E-state index in [9.17, 15) is 49.2 Å². The van der Waals surface area contributed by atoms with E-state index in [1.165, 1.54) is 94.7 Å². The summed E-state index contributed by atoms with van der Waals surface area (Å²) in [5, 5.41) is 63.3. The number of rotatable bonds is 21. The number of nitrogens with zero attached hydrogens (tertiary/aromatic N) is 3. The number of carbonyl (C=O) groups excluding carboxylic acids is 10. The number of carbonyl (C=O) groups is 10. The maximum atomic E-state index is 15.3.